The Kier molecular flexibility index (Phi) is 3.45. The molecule has 0 spiro atoms. The van der Waals surface area contributed by atoms with E-state index >= 15 is 0 Å². The molecule has 0 atom stereocenters. The van der Waals surface area contributed by atoms with E-state index in [1.165, 1.54) is 36.5 Å². The summed E-state index contributed by atoms with van der Waals surface area (Å²) in [5, 5.41) is 11.1. The molecule has 1 heterocycles. The number of carbonyl (C=O) groups excluding carboxylic acids is 1. The van der Waals surface area contributed by atoms with Crippen molar-refractivity contribution in [2.24, 2.45) is 0 Å². The van der Waals surface area contributed by atoms with Crippen molar-refractivity contribution in [2.45, 2.75) is 4.90 Å². The Balaban J connectivity index is 2.31. The smallest absolute Gasteiger partial charge is 0.270 e. The van der Waals surface area contributed by atoms with Crippen LogP contribution in [-0.4, -0.2) is 23.6 Å². The zero-order valence-corrected chi connectivity index (χ0v) is 12.4. The Morgan fingerprint density at radius 3 is 2.39 bits per heavy atom. The highest BCUT2D eigenvalue weighted by molar-refractivity contribution is 7.90. The number of hydrogen-bond donors (Lipinski definition) is 0. The summed E-state index contributed by atoms with van der Waals surface area (Å²) in [6, 6.07) is 11.5. The van der Waals surface area contributed by atoms with Crippen LogP contribution in [0.15, 0.2) is 59.6 Å². The lowest BCUT2D eigenvalue weighted by Crippen LogP contribution is -2.11. The quantitative estimate of drug-likeness (QED) is 0.416. The van der Waals surface area contributed by atoms with E-state index < -0.39 is 14.9 Å². The molecule has 0 saturated carbocycles. The van der Waals surface area contributed by atoms with Gasteiger partial charge in [-0.15, -0.1) is 0 Å². The van der Waals surface area contributed by atoms with Crippen molar-refractivity contribution in [3.05, 3.63) is 70.4 Å². The summed E-state index contributed by atoms with van der Waals surface area (Å²) in [4.78, 5) is 21.5. The molecular formula is C15H10N2O5S. The molecule has 0 unspecified atom stereocenters. The normalized spacial score (nSPS) is 11.5. The molecule has 0 amide bonds. The fraction of sp³-hybridized carbons (Fsp3) is 0. The van der Waals surface area contributed by atoms with E-state index in [4.69, 9.17) is 0 Å². The van der Waals surface area contributed by atoms with Gasteiger partial charge in [-0.25, -0.2) is 12.4 Å². The molecule has 0 aliphatic heterocycles. The number of rotatable bonds is 4. The molecule has 1 aromatic heterocycles. The van der Waals surface area contributed by atoms with Crippen molar-refractivity contribution < 1.29 is 18.1 Å². The predicted octanol–water partition coefficient (Wildman–Crippen LogP) is 2.60. The molecule has 0 fully saturated rings. The van der Waals surface area contributed by atoms with E-state index in [0.29, 0.717) is 6.29 Å². The van der Waals surface area contributed by atoms with Crippen molar-refractivity contribution in [1.29, 1.82) is 0 Å². The highest BCUT2D eigenvalue weighted by Crippen LogP contribution is 2.28. The van der Waals surface area contributed by atoms with E-state index in [-0.39, 0.29) is 27.0 Å². The van der Waals surface area contributed by atoms with Gasteiger partial charge in [-0.1, -0.05) is 18.2 Å². The number of nitro groups is 1. The first-order valence-corrected chi connectivity index (χ1v) is 7.94. The van der Waals surface area contributed by atoms with Crippen LogP contribution in [0.4, 0.5) is 5.69 Å². The van der Waals surface area contributed by atoms with Crippen LogP contribution in [0.5, 0.6) is 0 Å². The number of nitrogens with zero attached hydrogens (tertiary/aromatic N) is 2. The molecule has 0 N–H and O–H groups in total. The van der Waals surface area contributed by atoms with E-state index in [9.17, 15) is 23.3 Å². The molecule has 7 nitrogen and oxygen atoms in total. The van der Waals surface area contributed by atoms with E-state index in [1.807, 2.05) is 0 Å². The summed E-state index contributed by atoms with van der Waals surface area (Å²) in [7, 11) is -3.90. The fourth-order valence-electron chi connectivity index (χ4n) is 2.33. The summed E-state index contributed by atoms with van der Waals surface area (Å²) in [6.07, 6.45) is 1.65. The average Bonchev–Trinajstić information content (AvgIpc) is 2.94. The van der Waals surface area contributed by atoms with Crippen molar-refractivity contribution >= 4 is 32.9 Å². The van der Waals surface area contributed by atoms with Gasteiger partial charge >= 0.3 is 0 Å². The third-order valence-electron chi connectivity index (χ3n) is 3.42. The third-order valence-corrected chi connectivity index (χ3v) is 5.11. The van der Waals surface area contributed by atoms with E-state index in [1.54, 1.807) is 18.2 Å². The summed E-state index contributed by atoms with van der Waals surface area (Å²) in [5.74, 6) is 0. The van der Waals surface area contributed by atoms with Crippen LogP contribution in [-0.2, 0) is 10.0 Å². The molecule has 3 rings (SSSR count). The first kappa shape index (κ1) is 14.9. The standard InChI is InChI=1S/C15H10N2O5S/c18-10-11-9-16(23(21,22)13-4-2-1-3-5-13)15-7-6-12(17(19)20)8-14(11)15/h1-10H. The molecule has 0 aliphatic rings. The number of aldehydes is 1. The first-order valence-electron chi connectivity index (χ1n) is 6.50. The molecule has 2 aromatic carbocycles. The van der Waals surface area contributed by atoms with Gasteiger partial charge in [0.05, 0.1) is 15.3 Å². The van der Waals surface area contributed by atoms with Crippen LogP contribution < -0.4 is 0 Å². The molecule has 8 heteroatoms. The predicted molar refractivity (Wildman–Crippen MR) is 83.0 cm³/mol. The van der Waals surface area contributed by atoms with E-state index in [0.717, 1.165) is 3.97 Å². The minimum atomic E-state index is -3.90. The number of carbonyl (C=O) groups is 1. The van der Waals surface area contributed by atoms with Crippen molar-refractivity contribution in [3.8, 4) is 0 Å². The SMILES string of the molecule is O=Cc1cn(S(=O)(=O)c2ccccc2)c2ccc([N+](=O)[O-])cc12. The molecule has 0 aliphatic carbocycles. The van der Waals surface area contributed by atoms with Crippen LogP contribution in [0, 0.1) is 10.1 Å². The van der Waals surface area contributed by atoms with Crippen LogP contribution in [0.3, 0.4) is 0 Å². The topological polar surface area (TPSA) is 99.3 Å². The molecule has 0 bridgehead atoms. The Morgan fingerprint density at radius 1 is 1.09 bits per heavy atom. The Hall–Kier alpha value is -3.00. The second-order valence-corrected chi connectivity index (χ2v) is 6.59. The van der Waals surface area contributed by atoms with Gasteiger partial charge in [0.25, 0.3) is 15.7 Å². The number of aromatic nitrogens is 1. The lowest BCUT2D eigenvalue weighted by atomic mass is 10.2. The summed E-state index contributed by atoms with van der Waals surface area (Å²) < 4.78 is 26.4. The Bertz CT molecular complexity index is 1020. The lowest BCUT2D eigenvalue weighted by molar-refractivity contribution is -0.384. The van der Waals surface area contributed by atoms with Gasteiger partial charge in [-0.2, -0.15) is 0 Å². The third kappa shape index (κ3) is 2.38. The van der Waals surface area contributed by atoms with Crippen LogP contribution in [0.2, 0.25) is 0 Å². The van der Waals surface area contributed by atoms with Gasteiger partial charge < -0.3 is 0 Å². The summed E-state index contributed by atoms with van der Waals surface area (Å²) in [6.45, 7) is 0. The van der Waals surface area contributed by atoms with Gasteiger partial charge in [0.1, 0.15) is 0 Å². The largest absolute Gasteiger partial charge is 0.298 e. The highest BCUT2D eigenvalue weighted by Gasteiger charge is 2.22. The Labute approximate surface area is 131 Å². The highest BCUT2D eigenvalue weighted by atomic mass is 32.2. The molecular weight excluding hydrogens is 320 g/mol. The van der Waals surface area contributed by atoms with Crippen molar-refractivity contribution in [2.75, 3.05) is 0 Å². The number of nitro benzene ring substituents is 1. The zero-order valence-electron chi connectivity index (χ0n) is 11.6. The van der Waals surface area contributed by atoms with Gasteiger partial charge in [-0.05, 0) is 18.2 Å². The molecule has 3 aromatic rings. The summed E-state index contributed by atoms with van der Waals surface area (Å²) in [5.41, 5.74) is 0.0696. The van der Waals surface area contributed by atoms with Crippen molar-refractivity contribution in [1.82, 2.24) is 3.97 Å². The maximum absolute atomic E-state index is 12.7. The second kappa shape index (κ2) is 5.33. The van der Waals surface area contributed by atoms with Crippen LogP contribution >= 0.6 is 0 Å². The molecule has 0 saturated heterocycles. The van der Waals surface area contributed by atoms with Crippen molar-refractivity contribution in [3.63, 3.8) is 0 Å². The van der Waals surface area contributed by atoms with Gasteiger partial charge in [0.15, 0.2) is 6.29 Å². The monoisotopic (exact) mass is 330 g/mol. The number of benzene rings is 2. The first-order chi connectivity index (χ1) is 10.9. The minimum absolute atomic E-state index is 0.0627. The lowest BCUT2D eigenvalue weighted by Gasteiger charge is -2.07. The van der Waals surface area contributed by atoms with Crippen LogP contribution in [0.25, 0.3) is 10.9 Å². The summed E-state index contributed by atoms with van der Waals surface area (Å²) >= 11 is 0. The van der Waals surface area contributed by atoms with E-state index in [2.05, 4.69) is 0 Å². The number of hydrogen-bond acceptors (Lipinski definition) is 5. The zero-order chi connectivity index (χ0) is 16.6. The van der Waals surface area contributed by atoms with Gasteiger partial charge in [-0.3, -0.25) is 14.9 Å². The van der Waals surface area contributed by atoms with Crippen LogP contribution in [0.1, 0.15) is 10.4 Å². The number of fused-ring (bicyclic) bond motifs is 1. The minimum Gasteiger partial charge on any atom is -0.298 e. The molecule has 0 radical (unpaired) electrons. The average molecular weight is 330 g/mol. The molecule has 116 valence electrons. The van der Waals surface area contributed by atoms with Gasteiger partial charge in [0.2, 0.25) is 0 Å². The fourth-order valence-corrected chi connectivity index (χ4v) is 3.72. The maximum Gasteiger partial charge on any atom is 0.270 e. The molecule has 23 heavy (non-hydrogen) atoms. The maximum atomic E-state index is 12.7. The second-order valence-electron chi connectivity index (χ2n) is 4.77. The van der Waals surface area contributed by atoms with Gasteiger partial charge in [0, 0.05) is 29.3 Å². The Morgan fingerprint density at radius 2 is 1.78 bits per heavy atom. The number of non-ortho nitro benzene ring substituents is 1.